The van der Waals surface area contributed by atoms with Crippen LogP contribution in [-0.4, -0.2) is 10.1 Å². The lowest BCUT2D eigenvalue weighted by Gasteiger charge is -2.26. The largest absolute Gasteiger partial charge is 0.508 e. The summed E-state index contributed by atoms with van der Waals surface area (Å²) in [5.41, 5.74) is 6.50. The van der Waals surface area contributed by atoms with Crippen molar-refractivity contribution in [2.45, 2.75) is 32.1 Å². The minimum Gasteiger partial charge on any atom is -0.508 e. The lowest BCUT2D eigenvalue weighted by Crippen LogP contribution is -2.15. The molecule has 1 aliphatic rings. The van der Waals surface area contributed by atoms with Crippen LogP contribution in [0.5, 0.6) is 5.75 Å². The molecule has 0 amide bonds. The third kappa shape index (κ3) is 2.16. The van der Waals surface area contributed by atoms with E-state index < -0.39 is 0 Å². The standard InChI is InChI=1S/C20H19NO/c1-13-17-4-2-3-5-19(17)21-20-11-8-15(12-18(13)20)14-6-9-16(22)10-7-14/h2-7,9-10,15,22H,8,11-12H2,1H3/t15-/m0/s1. The number of aromatic nitrogens is 1. The molecule has 1 atom stereocenters. The number of rotatable bonds is 1. The molecular weight excluding hydrogens is 270 g/mol. The summed E-state index contributed by atoms with van der Waals surface area (Å²) in [5, 5.41) is 10.7. The van der Waals surface area contributed by atoms with Crippen molar-refractivity contribution in [1.82, 2.24) is 4.98 Å². The van der Waals surface area contributed by atoms with Crippen LogP contribution in [0.3, 0.4) is 0 Å². The fourth-order valence-corrected chi connectivity index (χ4v) is 3.65. The smallest absolute Gasteiger partial charge is 0.115 e. The third-order valence-corrected chi connectivity index (χ3v) is 4.91. The van der Waals surface area contributed by atoms with Crippen LogP contribution in [0.25, 0.3) is 10.9 Å². The van der Waals surface area contributed by atoms with Crippen LogP contribution < -0.4 is 0 Å². The molecule has 0 fully saturated rings. The normalized spacial score (nSPS) is 17.4. The molecule has 2 nitrogen and oxygen atoms in total. The van der Waals surface area contributed by atoms with Crippen LogP contribution in [0.2, 0.25) is 0 Å². The molecule has 1 aromatic heterocycles. The van der Waals surface area contributed by atoms with Gasteiger partial charge in [0.1, 0.15) is 5.75 Å². The molecule has 4 rings (SSSR count). The number of phenols is 1. The molecule has 0 unspecified atom stereocenters. The van der Waals surface area contributed by atoms with Crippen LogP contribution in [0.4, 0.5) is 0 Å². The summed E-state index contributed by atoms with van der Waals surface area (Å²) in [6.07, 6.45) is 3.21. The van der Waals surface area contributed by atoms with Gasteiger partial charge in [-0.25, -0.2) is 0 Å². The molecule has 0 saturated heterocycles. The van der Waals surface area contributed by atoms with Crippen molar-refractivity contribution in [3.63, 3.8) is 0 Å². The number of aromatic hydroxyl groups is 1. The molecule has 0 bridgehead atoms. The first-order valence-electron chi connectivity index (χ1n) is 7.88. The van der Waals surface area contributed by atoms with Gasteiger partial charge >= 0.3 is 0 Å². The molecule has 0 spiro atoms. The molecule has 0 aliphatic heterocycles. The van der Waals surface area contributed by atoms with Gasteiger partial charge in [0.2, 0.25) is 0 Å². The Hall–Kier alpha value is -2.35. The van der Waals surface area contributed by atoms with E-state index in [1.54, 1.807) is 12.1 Å². The van der Waals surface area contributed by atoms with Gasteiger partial charge in [-0.2, -0.15) is 0 Å². The SMILES string of the molecule is Cc1c2c(nc3ccccc13)CC[C@H](c1ccc(O)cc1)C2. The first-order chi connectivity index (χ1) is 10.7. The van der Waals surface area contributed by atoms with Crippen molar-refractivity contribution >= 4 is 10.9 Å². The highest BCUT2D eigenvalue weighted by atomic mass is 16.3. The molecule has 0 radical (unpaired) electrons. The summed E-state index contributed by atoms with van der Waals surface area (Å²) in [6, 6.07) is 16.1. The van der Waals surface area contributed by atoms with Crippen LogP contribution in [-0.2, 0) is 12.8 Å². The number of fused-ring (bicyclic) bond motifs is 2. The molecule has 1 heterocycles. The highest BCUT2D eigenvalue weighted by Crippen LogP contribution is 2.36. The average molecular weight is 289 g/mol. The van der Waals surface area contributed by atoms with Gasteiger partial charge in [-0.3, -0.25) is 4.98 Å². The Morgan fingerprint density at radius 1 is 1.05 bits per heavy atom. The van der Waals surface area contributed by atoms with E-state index in [0.717, 1.165) is 24.8 Å². The lowest BCUT2D eigenvalue weighted by atomic mass is 9.80. The highest BCUT2D eigenvalue weighted by molar-refractivity contribution is 5.83. The second kappa shape index (κ2) is 5.13. The van der Waals surface area contributed by atoms with Crippen LogP contribution in [0, 0.1) is 6.92 Å². The molecular formula is C20H19NO. The van der Waals surface area contributed by atoms with E-state index >= 15 is 0 Å². The summed E-state index contributed by atoms with van der Waals surface area (Å²) in [5.74, 6) is 0.860. The molecule has 1 aliphatic carbocycles. The number of hydrogen-bond donors (Lipinski definition) is 1. The maximum Gasteiger partial charge on any atom is 0.115 e. The van der Waals surface area contributed by atoms with Gasteiger partial charge in [-0.15, -0.1) is 0 Å². The van der Waals surface area contributed by atoms with Crippen molar-refractivity contribution < 1.29 is 5.11 Å². The quantitative estimate of drug-likeness (QED) is 0.714. The number of hydrogen-bond acceptors (Lipinski definition) is 2. The number of pyridine rings is 1. The van der Waals surface area contributed by atoms with Crippen LogP contribution in [0.15, 0.2) is 48.5 Å². The summed E-state index contributed by atoms with van der Waals surface area (Å²) in [7, 11) is 0. The zero-order chi connectivity index (χ0) is 15.1. The minimum atomic E-state index is 0.337. The van der Waals surface area contributed by atoms with E-state index in [-0.39, 0.29) is 0 Å². The van der Waals surface area contributed by atoms with E-state index in [1.165, 1.54) is 27.8 Å². The highest BCUT2D eigenvalue weighted by Gasteiger charge is 2.23. The molecule has 110 valence electrons. The van der Waals surface area contributed by atoms with E-state index in [2.05, 4.69) is 43.3 Å². The van der Waals surface area contributed by atoms with Crippen LogP contribution in [0.1, 0.15) is 34.7 Å². The molecule has 2 aromatic carbocycles. The monoisotopic (exact) mass is 289 g/mol. The zero-order valence-corrected chi connectivity index (χ0v) is 12.7. The van der Waals surface area contributed by atoms with E-state index in [9.17, 15) is 5.11 Å². The Kier molecular flexibility index (Phi) is 3.11. The van der Waals surface area contributed by atoms with Crippen molar-refractivity contribution in [1.29, 1.82) is 0 Å². The molecule has 2 heteroatoms. The Bertz CT molecular complexity index is 836. The van der Waals surface area contributed by atoms with Crippen LogP contribution >= 0.6 is 0 Å². The lowest BCUT2D eigenvalue weighted by molar-refractivity contribution is 0.474. The number of phenolic OH excluding ortho intramolecular Hbond substituents is 1. The number of nitrogens with zero attached hydrogens (tertiary/aromatic N) is 1. The second-order valence-corrected chi connectivity index (χ2v) is 6.21. The number of benzene rings is 2. The summed E-state index contributed by atoms with van der Waals surface area (Å²) < 4.78 is 0. The molecule has 3 aromatic rings. The van der Waals surface area contributed by atoms with Gasteiger partial charge in [0.05, 0.1) is 5.52 Å². The first kappa shape index (κ1) is 13.3. The summed E-state index contributed by atoms with van der Waals surface area (Å²) >= 11 is 0. The van der Waals surface area contributed by atoms with Gasteiger partial charge in [0.25, 0.3) is 0 Å². The fourth-order valence-electron chi connectivity index (χ4n) is 3.65. The van der Waals surface area contributed by atoms with Gasteiger partial charge < -0.3 is 5.11 Å². The zero-order valence-electron chi connectivity index (χ0n) is 12.7. The van der Waals surface area contributed by atoms with Crippen molar-refractivity contribution in [3.8, 4) is 5.75 Å². The fraction of sp³-hybridized carbons (Fsp3) is 0.250. The summed E-state index contributed by atoms with van der Waals surface area (Å²) in [4.78, 5) is 4.88. The van der Waals surface area contributed by atoms with E-state index in [1.807, 2.05) is 0 Å². The van der Waals surface area contributed by atoms with Gasteiger partial charge in [0.15, 0.2) is 0 Å². The number of para-hydroxylation sites is 1. The molecule has 0 saturated carbocycles. The number of aryl methyl sites for hydroxylation is 2. The van der Waals surface area contributed by atoms with Crippen molar-refractivity contribution in [2.75, 3.05) is 0 Å². The molecule has 22 heavy (non-hydrogen) atoms. The Balaban J connectivity index is 1.76. The van der Waals surface area contributed by atoms with Crippen molar-refractivity contribution in [2.24, 2.45) is 0 Å². The Morgan fingerprint density at radius 2 is 1.82 bits per heavy atom. The first-order valence-corrected chi connectivity index (χ1v) is 7.88. The third-order valence-electron chi connectivity index (χ3n) is 4.91. The van der Waals surface area contributed by atoms with E-state index in [0.29, 0.717) is 11.7 Å². The van der Waals surface area contributed by atoms with Gasteiger partial charge in [-0.05, 0) is 67.0 Å². The predicted molar refractivity (Wildman–Crippen MR) is 89.4 cm³/mol. The van der Waals surface area contributed by atoms with E-state index in [4.69, 9.17) is 4.98 Å². The Morgan fingerprint density at radius 3 is 2.64 bits per heavy atom. The average Bonchev–Trinajstić information content (AvgIpc) is 2.56. The minimum absolute atomic E-state index is 0.337. The maximum atomic E-state index is 9.47. The predicted octanol–water partition coefficient (Wildman–Crippen LogP) is 4.52. The van der Waals surface area contributed by atoms with Gasteiger partial charge in [-0.1, -0.05) is 30.3 Å². The maximum absolute atomic E-state index is 9.47. The topological polar surface area (TPSA) is 33.1 Å². The summed E-state index contributed by atoms with van der Waals surface area (Å²) in [6.45, 7) is 2.22. The van der Waals surface area contributed by atoms with Gasteiger partial charge in [0, 0.05) is 11.1 Å². The second-order valence-electron chi connectivity index (χ2n) is 6.21. The van der Waals surface area contributed by atoms with Crippen molar-refractivity contribution in [3.05, 3.63) is 70.9 Å². The Labute approximate surface area is 130 Å². The molecule has 1 N–H and O–H groups in total.